The van der Waals surface area contributed by atoms with Crippen molar-refractivity contribution in [3.05, 3.63) is 106 Å². The van der Waals surface area contributed by atoms with E-state index in [1.165, 1.54) is 11.1 Å². The van der Waals surface area contributed by atoms with Crippen LogP contribution in [0.2, 0.25) is 0 Å². The zero-order valence-electron chi connectivity index (χ0n) is 30.0. The van der Waals surface area contributed by atoms with Gasteiger partial charge in [-0.2, -0.15) is 0 Å². The van der Waals surface area contributed by atoms with E-state index >= 15 is 0 Å². The second-order valence-corrected chi connectivity index (χ2v) is 15.4. The summed E-state index contributed by atoms with van der Waals surface area (Å²) in [5.41, 5.74) is 4.06. The van der Waals surface area contributed by atoms with E-state index in [4.69, 9.17) is 39.2 Å². The third kappa shape index (κ3) is 7.84. The van der Waals surface area contributed by atoms with Crippen molar-refractivity contribution in [3.63, 3.8) is 0 Å². The van der Waals surface area contributed by atoms with Gasteiger partial charge in [0.05, 0.1) is 32.0 Å². The molecule has 0 unspecified atom stereocenters. The minimum atomic E-state index is -1.49. The van der Waals surface area contributed by atoms with Crippen molar-refractivity contribution in [3.8, 4) is 21.5 Å². The first kappa shape index (κ1) is 40.0. The Kier molecular flexibility index (Phi) is 11.0. The standard InChI is InChI=1S/C26H26N2O2S.C14H8O8.Y/c1-25(2,3)15-7-9-19-17(13-15)27-23(29-19)21-11-12-22(31-21)24-28-18-14-16(26(4,5)6)8-10-20(18)30-24;15-11(16)5-1-2-6(12(17)18)10-8(14(21)22)4-3-7(9(5)10)13(19)20;/h7-14H,1-6H3;1-4H,(H,15,16)(H,17,18)(H,19,20)(H,21,22);. The van der Waals surface area contributed by atoms with Crippen molar-refractivity contribution < 1.29 is 81.1 Å². The fraction of sp³-hybridized carbons (Fsp3) is 0.200. The molecule has 0 amide bonds. The first-order chi connectivity index (χ1) is 24.8. The molecule has 7 rings (SSSR count). The predicted octanol–water partition coefficient (Wildman–Crippen LogP) is 9.59. The maximum Gasteiger partial charge on any atom is 0.336 e. The summed E-state index contributed by atoms with van der Waals surface area (Å²) in [5.74, 6) is -4.72. The van der Waals surface area contributed by atoms with Gasteiger partial charge in [-0.25, -0.2) is 29.1 Å². The van der Waals surface area contributed by atoms with Gasteiger partial charge in [-0.3, -0.25) is 0 Å². The maximum atomic E-state index is 11.3. The molecule has 7 aromatic rings. The number of nitrogens with zero attached hydrogens (tertiary/aromatic N) is 2. The quantitative estimate of drug-likeness (QED) is 0.124. The molecule has 3 aromatic heterocycles. The molecule has 3 heterocycles. The number of hydrogen-bond donors (Lipinski definition) is 4. The molecule has 0 aliphatic rings. The molecule has 273 valence electrons. The van der Waals surface area contributed by atoms with Crippen LogP contribution in [0, 0.1) is 0 Å². The Morgan fingerprint density at radius 1 is 0.519 bits per heavy atom. The van der Waals surface area contributed by atoms with E-state index in [0.717, 1.165) is 56.2 Å². The minimum absolute atomic E-state index is 0. The van der Waals surface area contributed by atoms with Crippen molar-refractivity contribution in [1.82, 2.24) is 9.97 Å². The summed E-state index contributed by atoms with van der Waals surface area (Å²) in [6.45, 7) is 13.2. The van der Waals surface area contributed by atoms with Crippen LogP contribution in [-0.2, 0) is 43.5 Å². The Labute approximate surface area is 337 Å². The van der Waals surface area contributed by atoms with Crippen LogP contribution >= 0.6 is 11.3 Å². The van der Waals surface area contributed by atoms with E-state index in [1.54, 1.807) is 11.3 Å². The minimum Gasteiger partial charge on any atom is -0.478 e. The summed E-state index contributed by atoms with van der Waals surface area (Å²) in [6.07, 6.45) is 0. The van der Waals surface area contributed by atoms with Gasteiger partial charge < -0.3 is 29.3 Å². The number of carboxylic acid groups (broad SMARTS) is 4. The van der Waals surface area contributed by atoms with Crippen molar-refractivity contribution in [2.45, 2.75) is 52.4 Å². The second-order valence-electron chi connectivity index (χ2n) is 14.4. The topological polar surface area (TPSA) is 201 Å². The van der Waals surface area contributed by atoms with Gasteiger partial charge in [-0.05, 0) is 82.6 Å². The van der Waals surface area contributed by atoms with E-state index in [-0.39, 0.29) is 43.5 Å². The Morgan fingerprint density at radius 3 is 1.11 bits per heavy atom. The third-order valence-corrected chi connectivity index (χ3v) is 9.68. The number of carbonyl (C=O) groups is 4. The molecule has 1 radical (unpaired) electrons. The Morgan fingerprint density at radius 2 is 0.833 bits per heavy atom. The third-order valence-electron chi connectivity index (χ3n) is 8.62. The number of aromatic nitrogens is 2. The van der Waals surface area contributed by atoms with Crippen LogP contribution in [0.1, 0.15) is 94.1 Å². The van der Waals surface area contributed by atoms with Crippen LogP contribution in [0.4, 0.5) is 0 Å². The number of hydrogen-bond acceptors (Lipinski definition) is 9. The van der Waals surface area contributed by atoms with Crippen LogP contribution in [0.5, 0.6) is 0 Å². The molecule has 0 aliphatic heterocycles. The Balaban J connectivity index is 0.000000217. The van der Waals surface area contributed by atoms with Crippen LogP contribution in [0.15, 0.2) is 81.6 Å². The second kappa shape index (κ2) is 14.9. The van der Waals surface area contributed by atoms with Crippen LogP contribution in [0.3, 0.4) is 0 Å². The SMILES string of the molecule is CC(C)(C)c1ccc2oc(-c3ccc(-c4nc5cc(C(C)(C)C)ccc5o4)s3)nc2c1.O=C(O)c1ccc(C(=O)O)c2c(C(=O)O)ccc(C(=O)O)c12.[Y]. The molecular formula is C40H34N2O10SY. The summed E-state index contributed by atoms with van der Waals surface area (Å²) in [4.78, 5) is 56.5. The molecule has 12 nitrogen and oxygen atoms in total. The van der Waals surface area contributed by atoms with Crippen LogP contribution < -0.4 is 0 Å². The van der Waals surface area contributed by atoms with Gasteiger partial charge in [0.2, 0.25) is 11.8 Å². The fourth-order valence-corrected chi connectivity index (χ4v) is 6.63. The Bertz CT molecular complexity index is 2380. The number of benzene rings is 4. The average molecular weight is 824 g/mol. The van der Waals surface area contributed by atoms with Crippen LogP contribution in [-0.4, -0.2) is 54.3 Å². The largest absolute Gasteiger partial charge is 0.478 e. The van der Waals surface area contributed by atoms with Gasteiger partial charge >= 0.3 is 23.9 Å². The number of thiophene rings is 1. The van der Waals surface area contributed by atoms with E-state index in [0.29, 0.717) is 11.8 Å². The van der Waals surface area contributed by atoms with E-state index in [2.05, 4.69) is 65.8 Å². The fourth-order valence-electron chi connectivity index (χ4n) is 5.77. The normalized spacial score (nSPS) is 11.6. The smallest absolute Gasteiger partial charge is 0.336 e. The molecule has 0 atom stereocenters. The number of rotatable bonds is 6. The Hall–Kier alpha value is -5.24. The zero-order valence-corrected chi connectivity index (χ0v) is 33.7. The molecule has 0 spiro atoms. The van der Waals surface area contributed by atoms with Crippen molar-refractivity contribution in [2.75, 3.05) is 0 Å². The van der Waals surface area contributed by atoms with E-state index in [9.17, 15) is 19.2 Å². The van der Waals surface area contributed by atoms with E-state index < -0.39 is 56.9 Å². The molecule has 14 heteroatoms. The van der Waals surface area contributed by atoms with Gasteiger partial charge in [-0.15, -0.1) is 11.3 Å². The predicted molar refractivity (Wildman–Crippen MR) is 200 cm³/mol. The molecule has 0 fully saturated rings. The van der Waals surface area contributed by atoms with Gasteiger partial charge in [0.25, 0.3) is 0 Å². The van der Waals surface area contributed by atoms with E-state index in [1.807, 2.05) is 24.3 Å². The molecular weight excluding hydrogens is 789 g/mol. The molecule has 54 heavy (non-hydrogen) atoms. The van der Waals surface area contributed by atoms with Gasteiger partial charge in [-0.1, -0.05) is 53.7 Å². The van der Waals surface area contributed by atoms with Crippen molar-refractivity contribution >= 4 is 68.2 Å². The molecule has 4 aromatic carbocycles. The van der Waals surface area contributed by atoms with Crippen LogP contribution in [0.25, 0.3) is 54.5 Å². The summed E-state index contributed by atoms with van der Waals surface area (Å²) < 4.78 is 12.1. The molecule has 0 aliphatic carbocycles. The number of oxazole rings is 2. The van der Waals surface area contributed by atoms with Crippen molar-refractivity contribution in [1.29, 1.82) is 0 Å². The van der Waals surface area contributed by atoms with Gasteiger partial charge in [0.15, 0.2) is 11.2 Å². The molecule has 0 saturated carbocycles. The summed E-state index contributed by atoms with van der Waals surface area (Å²) in [5, 5.41) is 35.8. The van der Waals surface area contributed by atoms with Crippen molar-refractivity contribution in [2.24, 2.45) is 0 Å². The first-order valence-corrected chi connectivity index (χ1v) is 17.1. The van der Waals surface area contributed by atoms with Gasteiger partial charge in [0.1, 0.15) is 11.0 Å². The average Bonchev–Trinajstić information content (AvgIpc) is 3.83. The summed E-state index contributed by atoms with van der Waals surface area (Å²) in [6, 6.07) is 20.3. The summed E-state index contributed by atoms with van der Waals surface area (Å²) in [7, 11) is 0. The molecule has 0 saturated heterocycles. The molecule has 0 bridgehead atoms. The van der Waals surface area contributed by atoms with Gasteiger partial charge in [0, 0.05) is 43.5 Å². The maximum absolute atomic E-state index is 11.3. The number of carboxylic acids is 4. The molecule has 4 N–H and O–H groups in total. The summed E-state index contributed by atoms with van der Waals surface area (Å²) >= 11 is 1.58. The first-order valence-electron chi connectivity index (χ1n) is 16.3. The number of aromatic carboxylic acids is 4. The zero-order chi connectivity index (χ0) is 38.6. The monoisotopic (exact) mass is 823 g/mol. The number of fused-ring (bicyclic) bond motifs is 3.